The third-order valence-corrected chi connectivity index (χ3v) is 6.26. The molecule has 3 saturated carbocycles. The highest BCUT2D eigenvalue weighted by atomic mass is 16.2. The van der Waals surface area contributed by atoms with Crippen LogP contribution in [0.25, 0.3) is 0 Å². The molecule has 3 rings (SSSR count). The lowest BCUT2D eigenvalue weighted by Gasteiger charge is -2.36. The fourth-order valence-corrected chi connectivity index (χ4v) is 5.68. The zero-order valence-corrected chi connectivity index (χ0v) is 11.5. The molecule has 0 unspecified atom stereocenters. The van der Waals surface area contributed by atoms with Crippen molar-refractivity contribution < 1.29 is 5.11 Å². The second kappa shape index (κ2) is 3.60. The van der Waals surface area contributed by atoms with Crippen LogP contribution in [0.4, 0.5) is 0 Å². The van der Waals surface area contributed by atoms with Gasteiger partial charge in [-0.3, -0.25) is 0 Å². The fourth-order valence-electron chi connectivity index (χ4n) is 5.68. The van der Waals surface area contributed by atoms with Gasteiger partial charge >= 0.3 is 0 Å². The highest BCUT2D eigenvalue weighted by molar-refractivity contribution is 5.31. The van der Waals surface area contributed by atoms with Gasteiger partial charge in [0, 0.05) is 0 Å². The van der Waals surface area contributed by atoms with Crippen molar-refractivity contribution in [1.82, 2.24) is 0 Å². The lowest BCUT2D eigenvalue weighted by atomic mass is 9.68. The maximum Gasteiger partial charge on any atom is 0.0615 e. The van der Waals surface area contributed by atoms with Crippen LogP contribution >= 0.6 is 0 Å². The molecule has 3 aliphatic carbocycles. The van der Waals surface area contributed by atoms with E-state index in [1.807, 2.05) is 0 Å². The van der Waals surface area contributed by atoms with Crippen LogP contribution in [0.3, 0.4) is 0 Å². The smallest absolute Gasteiger partial charge is 0.0615 e. The molecule has 1 heteroatoms. The topological polar surface area (TPSA) is 20.2 Å². The summed E-state index contributed by atoms with van der Waals surface area (Å²) in [6, 6.07) is 0. The van der Waals surface area contributed by atoms with Crippen LogP contribution in [-0.4, -0.2) is 11.7 Å². The highest BCUT2D eigenvalue weighted by Gasteiger charge is 2.62. The molecule has 0 saturated heterocycles. The van der Waals surface area contributed by atoms with Crippen LogP contribution in [0.15, 0.2) is 11.6 Å². The van der Waals surface area contributed by atoms with Crippen molar-refractivity contribution in [2.75, 3.05) is 6.61 Å². The summed E-state index contributed by atoms with van der Waals surface area (Å²) in [5.41, 5.74) is 2.55. The minimum absolute atomic E-state index is 0.237. The van der Waals surface area contributed by atoms with Gasteiger partial charge in [-0.15, -0.1) is 0 Å². The second-order valence-corrected chi connectivity index (χ2v) is 7.42. The van der Waals surface area contributed by atoms with Gasteiger partial charge in [-0.1, -0.05) is 38.8 Å². The Morgan fingerprint density at radius 3 is 2.71 bits per heavy atom. The molecule has 0 heterocycles. The third kappa shape index (κ3) is 1.41. The number of hydrogen-bond donors (Lipinski definition) is 1. The molecule has 0 aromatic heterocycles. The quantitative estimate of drug-likeness (QED) is 0.685. The van der Waals surface area contributed by atoms with Crippen LogP contribution in [0.1, 0.15) is 52.9 Å². The predicted octanol–water partition coefficient (Wildman–Crippen LogP) is 3.78. The fraction of sp³-hybridized carbons (Fsp3) is 0.875. The minimum Gasteiger partial charge on any atom is -0.392 e. The Kier molecular flexibility index (Phi) is 2.49. The minimum atomic E-state index is 0.237. The number of aliphatic hydroxyl groups is 1. The number of allylic oxidation sites excluding steroid dienone is 1. The van der Waals surface area contributed by atoms with E-state index in [4.69, 9.17) is 0 Å². The summed E-state index contributed by atoms with van der Waals surface area (Å²) >= 11 is 0. The monoisotopic (exact) mass is 234 g/mol. The van der Waals surface area contributed by atoms with Crippen molar-refractivity contribution in [3.05, 3.63) is 11.6 Å². The lowest BCUT2D eigenvalue weighted by Crippen LogP contribution is -2.28. The van der Waals surface area contributed by atoms with E-state index in [0.29, 0.717) is 10.8 Å². The first-order valence-electron chi connectivity index (χ1n) is 7.32. The standard InChI is InChI=1S/C16H26O/c1-15(2)8-4-9-16(3)12(7-10-17)11-5-6-13(16)14(11)15/h7,11,13-14,17H,4-6,8-10H2,1-3H3/t11-,13-,14+,16-/m1/s1. The summed E-state index contributed by atoms with van der Waals surface area (Å²) in [5, 5.41) is 9.31. The van der Waals surface area contributed by atoms with Gasteiger partial charge in [0.1, 0.15) is 0 Å². The number of hydrogen-bond acceptors (Lipinski definition) is 1. The first-order valence-corrected chi connectivity index (χ1v) is 7.32. The van der Waals surface area contributed by atoms with Gasteiger partial charge in [0.25, 0.3) is 0 Å². The molecule has 1 N–H and O–H groups in total. The van der Waals surface area contributed by atoms with Gasteiger partial charge in [0.2, 0.25) is 0 Å². The molecule has 0 spiro atoms. The van der Waals surface area contributed by atoms with E-state index in [1.54, 1.807) is 5.57 Å². The molecule has 1 nitrogen and oxygen atoms in total. The summed E-state index contributed by atoms with van der Waals surface area (Å²) < 4.78 is 0. The second-order valence-electron chi connectivity index (χ2n) is 7.42. The molecule has 0 aliphatic heterocycles. The average molecular weight is 234 g/mol. The predicted molar refractivity (Wildman–Crippen MR) is 70.6 cm³/mol. The molecule has 0 aromatic carbocycles. The van der Waals surface area contributed by atoms with Crippen molar-refractivity contribution in [3.8, 4) is 0 Å². The van der Waals surface area contributed by atoms with Crippen LogP contribution in [0.2, 0.25) is 0 Å². The molecule has 4 bridgehead atoms. The van der Waals surface area contributed by atoms with Gasteiger partial charge in [0.05, 0.1) is 6.61 Å². The first kappa shape index (κ1) is 11.8. The summed E-state index contributed by atoms with van der Waals surface area (Å²) in [5.74, 6) is 2.56. The molecule has 3 aliphatic rings. The van der Waals surface area contributed by atoms with Gasteiger partial charge in [-0.05, 0) is 54.3 Å². The zero-order valence-electron chi connectivity index (χ0n) is 11.5. The molecule has 3 fully saturated rings. The molecule has 96 valence electrons. The highest BCUT2D eigenvalue weighted by Crippen LogP contribution is 2.70. The van der Waals surface area contributed by atoms with E-state index in [-0.39, 0.29) is 6.61 Å². The Labute approximate surface area is 105 Å². The van der Waals surface area contributed by atoms with Gasteiger partial charge in [-0.2, -0.15) is 0 Å². The molecule has 0 aromatic rings. The number of rotatable bonds is 1. The molecule has 0 amide bonds. The summed E-state index contributed by atoms with van der Waals surface area (Å²) in [6.45, 7) is 7.68. The maximum absolute atomic E-state index is 9.31. The van der Waals surface area contributed by atoms with Crippen LogP contribution < -0.4 is 0 Å². The summed E-state index contributed by atoms with van der Waals surface area (Å²) in [6.07, 6.45) is 9.06. The maximum atomic E-state index is 9.31. The Morgan fingerprint density at radius 2 is 2.00 bits per heavy atom. The Morgan fingerprint density at radius 1 is 1.24 bits per heavy atom. The zero-order chi connectivity index (χ0) is 12.3. The Hall–Kier alpha value is -0.300. The average Bonchev–Trinajstić information content (AvgIpc) is 2.74. The van der Waals surface area contributed by atoms with E-state index in [0.717, 1.165) is 17.8 Å². The lowest BCUT2D eigenvalue weighted by molar-refractivity contribution is 0.141. The van der Waals surface area contributed by atoms with E-state index in [1.165, 1.54) is 32.1 Å². The molecule has 17 heavy (non-hydrogen) atoms. The molecule has 0 radical (unpaired) electrons. The molecule has 4 atom stereocenters. The Bertz CT molecular complexity index is 355. The molecular formula is C16H26O. The summed E-state index contributed by atoms with van der Waals surface area (Å²) in [7, 11) is 0. The largest absolute Gasteiger partial charge is 0.392 e. The third-order valence-electron chi connectivity index (χ3n) is 6.26. The van der Waals surface area contributed by atoms with E-state index >= 15 is 0 Å². The Balaban J connectivity index is 2.08. The molecular weight excluding hydrogens is 208 g/mol. The normalized spacial score (nSPS) is 49.6. The van der Waals surface area contributed by atoms with Crippen molar-refractivity contribution >= 4 is 0 Å². The first-order chi connectivity index (χ1) is 8.00. The van der Waals surface area contributed by atoms with E-state index in [2.05, 4.69) is 26.8 Å². The van der Waals surface area contributed by atoms with Crippen molar-refractivity contribution in [1.29, 1.82) is 0 Å². The van der Waals surface area contributed by atoms with E-state index in [9.17, 15) is 5.11 Å². The van der Waals surface area contributed by atoms with Crippen molar-refractivity contribution in [2.24, 2.45) is 28.6 Å². The van der Waals surface area contributed by atoms with Gasteiger partial charge < -0.3 is 5.11 Å². The van der Waals surface area contributed by atoms with Crippen molar-refractivity contribution in [3.63, 3.8) is 0 Å². The van der Waals surface area contributed by atoms with E-state index < -0.39 is 0 Å². The number of aliphatic hydroxyl groups excluding tert-OH is 1. The SMILES string of the molecule is CC1(C)CCC[C@]2(C)C(=CCO)[C@H]3CC[C@@H]2[C@H]31. The van der Waals surface area contributed by atoms with Gasteiger partial charge in [-0.25, -0.2) is 0 Å². The summed E-state index contributed by atoms with van der Waals surface area (Å²) in [4.78, 5) is 0. The van der Waals surface area contributed by atoms with Crippen LogP contribution in [-0.2, 0) is 0 Å². The van der Waals surface area contributed by atoms with Crippen LogP contribution in [0, 0.1) is 28.6 Å². The van der Waals surface area contributed by atoms with Crippen molar-refractivity contribution in [2.45, 2.75) is 52.9 Å². The van der Waals surface area contributed by atoms with Gasteiger partial charge in [0.15, 0.2) is 0 Å². The van der Waals surface area contributed by atoms with Crippen LogP contribution in [0.5, 0.6) is 0 Å².